The van der Waals surface area contributed by atoms with Gasteiger partial charge in [-0.25, -0.2) is 4.98 Å². The van der Waals surface area contributed by atoms with E-state index in [9.17, 15) is 28.2 Å². The molecule has 1 saturated heterocycles. The average molecular weight is 397 g/mol. The maximum atomic E-state index is 13.6. The number of carbonyl (C=O) groups is 1. The Bertz CT molecular complexity index is 827. The van der Waals surface area contributed by atoms with Crippen molar-refractivity contribution in [1.82, 2.24) is 14.5 Å². The molecule has 2 heterocycles. The van der Waals surface area contributed by atoms with Crippen molar-refractivity contribution < 1.29 is 28.2 Å². The van der Waals surface area contributed by atoms with Gasteiger partial charge in [-0.1, -0.05) is 12.1 Å². The first kappa shape index (κ1) is 20.2. The van der Waals surface area contributed by atoms with Crippen molar-refractivity contribution in [3.63, 3.8) is 0 Å². The summed E-state index contributed by atoms with van der Waals surface area (Å²) < 4.78 is 41.9. The molecule has 0 radical (unpaired) electrons. The number of piperidine rings is 1. The topological polar surface area (TPSA) is 78.6 Å². The standard InChI is InChI=1S/C19H22F3N3O3/c1-24-11-8-23-17(24)18(28,19(20,21)22)12-16(27)25-9-6-14(7-10-25)13-2-4-15(26)5-3-13/h2-5,8,11,14,26,28H,6-7,9-10,12H2,1H3. The molecule has 3 rings (SSSR count). The summed E-state index contributed by atoms with van der Waals surface area (Å²) in [5.41, 5.74) is -2.32. The Morgan fingerprint density at radius 2 is 1.82 bits per heavy atom. The van der Waals surface area contributed by atoms with Gasteiger partial charge >= 0.3 is 6.18 Å². The van der Waals surface area contributed by atoms with Gasteiger partial charge in [0, 0.05) is 32.5 Å². The maximum absolute atomic E-state index is 13.6. The van der Waals surface area contributed by atoms with Gasteiger partial charge in [-0.15, -0.1) is 0 Å². The predicted molar refractivity (Wildman–Crippen MR) is 94.4 cm³/mol. The highest BCUT2D eigenvalue weighted by Gasteiger charge is 2.59. The van der Waals surface area contributed by atoms with Crippen molar-refractivity contribution >= 4 is 5.91 Å². The van der Waals surface area contributed by atoms with Gasteiger partial charge < -0.3 is 19.7 Å². The van der Waals surface area contributed by atoms with Crippen molar-refractivity contribution in [3.05, 3.63) is 48.0 Å². The molecule has 28 heavy (non-hydrogen) atoms. The second-order valence-electron chi connectivity index (χ2n) is 7.14. The van der Waals surface area contributed by atoms with Crippen molar-refractivity contribution in [3.8, 4) is 5.75 Å². The fraction of sp³-hybridized carbons (Fsp3) is 0.474. The quantitative estimate of drug-likeness (QED) is 0.832. The number of aliphatic hydroxyl groups is 1. The molecule has 1 atom stereocenters. The summed E-state index contributed by atoms with van der Waals surface area (Å²) >= 11 is 0. The number of phenolic OH excluding ortho intramolecular Hbond substituents is 1. The summed E-state index contributed by atoms with van der Waals surface area (Å²) in [5.74, 6) is -1.03. The number of carbonyl (C=O) groups excluding carboxylic acids is 1. The van der Waals surface area contributed by atoms with Gasteiger partial charge in [0.2, 0.25) is 11.5 Å². The van der Waals surface area contributed by atoms with Crippen LogP contribution in [0.25, 0.3) is 0 Å². The third kappa shape index (κ3) is 3.84. The highest BCUT2D eigenvalue weighted by atomic mass is 19.4. The van der Waals surface area contributed by atoms with Crippen LogP contribution in [0.1, 0.15) is 36.6 Å². The average Bonchev–Trinajstić information content (AvgIpc) is 3.08. The number of likely N-dealkylation sites (tertiary alicyclic amines) is 1. The number of alkyl halides is 3. The van der Waals surface area contributed by atoms with E-state index >= 15 is 0 Å². The minimum atomic E-state index is -5.04. The molecule has 1 fully saturated rings. The molecule has 2 aromatic rings. The predicted octanol–water partition coefficient (Wildman–Crippen LogP) is 2.67. The van der Waals surface area contributed by atoms with E-state index in [2.05, 4.69) is 4.98 Å². The van der Waals surface area contributed by atoms with Gasteiger partial charge in [0.25, 0.3) is 0 Å². The van der Waals surface area contributed by atoms with Crippen LogP contribution in [-0.4, -0.2) is 49.8 Å². The number of amides is 1. The zero-order valence-electron chi connectivity index (χ0n) is 15.4. The smallest absolute Gasteiger partial charge is 0.425 e. The molecule has 1 amide bonds. The van der Waals surface area contributed by atoms with Crippen LogP contribution >= 0.6 is 0 Å². The van der Waals surface area contributed by atoms with E-state index < -0.39 is 29.9 Å². The molecule has 0 saturated carbocycles. The molecule has 0 spiro atoms. The SMILES string of the molecule is Cn1ccnc1C(O)(CC(=O)N1CCC(c2ccc(O)cc2)CC1)C(F)(F)F. The van der Waals surface area contributed by atoms with E-state index in [-0.39, 0.29) is 11.7 Å². The molecule has 6 nitrogen and oxygen atoms in total. The minimum absolute atomic E-state index is 0.164. The molecule has 1 aromatic carbocycles. The minimum Gasteiger partial charge on any atom is -0.508 e. The Morgan fingerprint density at radius 1 is 1.21 bits per heavy atom. The van der Waals surface area contributed by atoms with Crippen LogP contribution in [-0.2, 0) is 17.4 Å². The van der Waals surface area contributed by atoms with E-state index in [0.717, 1.165) is 16.3 Å². The molecule has 1 aliphatic heterocycles. The third-order valence-electron chi connectivity index (χ3n) is 5.28. The molecular weight excluding hydrogens is 375 g/mol. The number of hydrogen-bond donors (Lipinski definition) is 2. The van der Waals surface area contributed by atoms with Gasteiger partial charge in [0.15, 0.2) is 5.82 Å². The highest BCUT2D eigenvalue weighted by Crippen LogP contribution is 2.41. The van der Waals surface area contributed by atoms with Crippen molar-refractivity contribution in [1.29, 1.82) is 0 Å². The number of phenols is 1. The number of rotatable bonds is 4. The van der Waals surface area contributed by atoms with Crippen LogP contribution in [0.4, 0.5) is 13.2 Å². The number of aromatic nitrogens is 2. The van der Waals surface area contributed by atoms with Crippen molar-refractivity contribution in [2.24, 2.45) is 7.05 Å². The Kier molecular flexibility index (Phi) is 5.38. The van der Waals surface area contributed by atoms with E-state index in [1.165, 1.54) is 18.1 Å². The molecular formula is C19H22F3N3O3. The molecule has 9 heteroatoms. The monoisotopic (exact) mass is 397 g/mol. The summed E-state index contributed by atoms with van der Waals surface area (Å²) in [4.78, 5) is 17.5. The highest BCUT2D eigenvalue weighted by molar-refractivity contribution is 5.77. The Balaban J connectivity index is 1.69. The number of halogens is 3. The fourth-order valence-electron chi connectivity index (χ4n) is 3.61. The first-order valence-corrected chi connectivity index (χ1v) is 8.95. The number of aryl methyl sites for hydroxylation is 1. The Labute approximate surface area is 160 Å². The van der Waals surface area contributed by atoms with Crippen molar-refractivity contribution in [2.45, 2.75) is 37.0 Å². The molecule has 1 aromatic heterocycles. The maximum Gasteiger partial charge on any atom is 0.425 e. The van der Waals surface area contributed by atoms with Crippen LogP contribution in [0.2, 0.25) is 0 Å². The lowest BCUT2D eigenvalue weighted by Crippen LogP contribution is -2.49. The second-order valence-corrected chi connectivity index (χ2v) is 7.14. The summed E-state index contributed by atoms with van der Waals surface area (Å²) in [6, 6.07) is 6.79. The van der Waals surface area contributed by atoms with E-state index in [1.54, 1.807) is 24.3 Å². The number of benzene rings is 1. The normalized spacial score (nSPS) is 18.1. The third-order valence-corrected chi connectivity index (χ3v) is 5.28. The van der Waals surface area contributed by atoms with Gasteiger partial charge in [0.05, 0.1) is 6.42 Å². The van der Waals surface area contributed by atoms with Gasteiger partial charge in [0.1, 0.15) is 5.75 Å². The largest absolute Gasteiger partial charge is 0.508 e. The first-order chi connectivity index (χ1) is 13.1. The molecule has 0 aliphatic carbocycles. The number of hydrogen-bond acceptors (Lipinski definition) is 4. The first-order valence-electron chi connectivity index (χ1n) is 8.95. The van der Waals surface area contributed by atoms with E-state index in [4.69, 9.17) is 0 Å². The van der Waals surface area contributed by atoms with Crippen LogP contribution in [0.15, 0.2) is 36.7 Å². The van der Waals surface area contributed by atoms with Crippen LogP contribution in [0.5, 0.6) is 5.75 Å². The van der Waals surface area contributed by atoms with E-state index in [1.807, 2.05) is 0 Å². The molecule has 1 aliphatic rings. The van der Waals surface area contributed by atoms with Gasteiger partial charge in [-0.2, -0.15) is 13.2 Å². The van der Waals surface area contributed by atoms with Gasteiger partial charge in [-0.3, -0.25) is 4.79 Å². The lowest BCUT2D eigenvalue weighted by atomic mass is 9.88. The van der Waals surface area contributed by atoms with Gasteiger partial charge in [-0.05, 0) is 36.5 Å². The molecule has 152 valence electrons. The number of nitrogens with zero attached hydrogens (tertiary/aromatic N) is 3. The number of imidazole rings is 1. The zero-order chi connectivity index (χ0) is 20.5. The molecule has 1 unspecified atom stereocenters. The molecule has 0 bridgehead atoms. The lowest BCUT2D eigenvalue weighted by molar-refractivity contribution is -0.272. The zero-order valence-corrected chi connectivity index (χ0v) is 15.4. The molecule has 2 N–H and O–H groups in total. The van der Waals surface area contributed by atoms with E-state index in [0.29, 0.717) is 25.9 Å². The Morgan fingerprint density at radius 3 is 2.32 bits per heavy atom. The summed E-state index contributed by atoms with van der Waals surface area (Å²) in [6.07, 6.45) is -2.50. The second kappa shape index (κ2) is 7.46. The fourth-order valence-corrected chi connectivity index (χ4v) is 3.61. The van der Waals surface area contributed by atoms with Crippen LogP contribution in [0.3, 0.4) is 0 Å². The Hall–Kier alpha value is -2.55. The van der Waals surface area contributed by atoms with Crippen molar-refractivity contribution in [2.75, 3.05) is 13.1 Å². The summed E-state index contributed by atoms with van der Waals surface area (Å²) in [5, 5.41) is 19.7. The lowest BCUT2D eigenvalue weighted by Gasteiger charge is -2.35. The summed E-state index contributed by atoms with van der Waals surface area (Å²) in [6.45, 7) is 0.609. The van der Waals surface area contributed by atoms with Crippen LogP contribution < -0.4 is 0 Å². The summed E-state index contributed by atoms with van der Waals surface area (Å²) in [7, 11) is 1.34. The van der Waals surface area contributed by atoms with Crippen LogP contribution in [0, 0.1) is 0 Å². The number of aromatic hydroxyl groups is 1.